The predicted octanol–water partition coefficient (Wildman–Crippen LogP) is 1.33. The highest BCUT2D eigenvalue weighted by atomic mass is 32.1. The van der Waals surface area contributed by atoms with Crippen LogP contribution in [0, 0.1) is 0 Å². The third-order valence-corrected chi connectivity index (χ3v) is 4.58. The molecule has 0 spiro atoms. The first kappa shape index (κ1) is 15.8. The van der Waals surface area contributed by atoms with Gasteiger partial charge in [0.15, 0.2) is 11.7 Å². The topological polar surface area (TPSA) is 71.7 Å². The van der Waals surface area contributed by atoms with Crippen molar-refractivity contribution in [3.05, 3.63) is 41.4 Å². The Labute approximate surface area is 139 Å². The molecule has 2 aromatic rings. The zero-order valence-electron chi connectivity index (χ0n) is 12.9. The summed E-state index contributed by atoms with van der Waals surface area (Å²) in [5.41, 5.74) is 6.28. The molecule has 2 N–H and O–H groups in total. The SMILES string of the molecule is NC(=O)COc1cccc(CN2CCN(c3nccs3)CC2)c1. The average Bonchev–Trinajstić information content (AvgIpc) is 3.08. The lowest BCUT2D eigenvalue weighted by Gasteiger charge is -2.34. The summed E-state index contributed by atoms with van der Waals surface area (Å²) in [6, 6.07) is 7.82. The highest BCUT2D eigenvalue weighted by molar-refractivity contribution is 7.13. The molecule has 0 atom stereocenters. The van der Waals surface area contributed by atoms with Crippen LogP contribution in [0.3, 0.4) is 0 Å². The molecule has 0 bridgehead atoms. The maximum Gasteiger partial charge on any atom is 0.255 e. The van der Waals surface area contributed by atoms with Crippen molar-refractivity contribution < 1.29 is 9.53 Å². The summed E-state index contributed by atoms with van der Waals surface area (Å²) in [4.78, 5) is 19.9. The second-order valence-corrected chi connectivity index (χ2v) is 6.35. The van der Waals surface area contributed by atoms with Crippen molar-refractivity contribution >= 4 is 22.4 Å². The van der Waals surface area contributed by atoms with E-state index < -0.39 is 5.91 Å². The molecule has 3 rings (SSSR count). The molecule has 0 aliphatic carbocycles. The van der Waals surface area contributed by atoms with Crippen LogP contribution in [-0.2, 0) is 11.3 Å². The second kappa shape index (κ2) is 7.43. The van der Waals surface area contributed by atoms with Gasteiger partial charge in [0.2, 0.25) is 0 Å². The van der Waals surface area contributed by atoms with Gasteiger partial charge in [-0.3, -0.25) is 9.69 Å². The normalized spacial score (nSPS) is 15.6. The highest BCUT2D eigenvalue weighted by Crippen LogP contribution is 2.20. The van der Waals surface area contributed by atoms with E-state index in [2.05, 4.69) is 20.9 Å². The summed E-state index contributed by atoms with van der Waals surface area (Å²) >= 11 is 1.69. The van der Waals surface area contributed by atoms with Crippen LogP contribution < -0.4 is 15.4 Å². The fraction of sp³-hybridized carbons (Fsp3) is 0.375. The third kappa shape index (κ3) is 4.43. The van der Waals surface area contributed by atoms with Crippen LogP contribution in [0.15, 0.2) is 35.8 Å². The van der Waals surface area contributed by atoms with Crippen LogP contribution in [0.4, 0.5) is 5.13 Å². The minimum atomic E-state index is -0.464. The Morgan fingerprint density at radius 2 is 2.13 bits per heavy atom. The number of anilines is 1. The van der Waals surface area contributed by atoms with Gasteiger partial charge in [0.05, 0.1) is 0 Å². The van der Waals surface area contributed by atoms with Crippen LogP contribution in [0.5, 0.6) is 5.75 Å². The molecule has 7 heteroatoms. The first-order valence-electron chi connectivity index (χ1n) is 7.57. The number of piperazine rings is 1. The van der Waals surface area contributed by atoms with Gasteiger partial charge in [0.25, 0.3) is 5.91 Å². The summed E-state index contributed by atoms with van der Waals surface area (Å²) < 4.78 is 5.36. The number of nitrogens with zero attached hydrogens (tertiary/aromatic N) is 3. The fourth-order valence-corrected chi connectivity index (χ4v) is 3.31. The first-order valence-corrected chi connectivity index (χ1v) is 8.45. The standard InChI is InChI=1S/C16H20N4O2S/c17-15(21)12-22-14-3-1-2-13(10-14)11-19-5-7-20(8-6-19)16-18-4-9-23-16/h1-4,9-10H,5-8,11-12H2,(H2,17,21). The minimum absolute atomic E-state index is 0.0874. The van der Waals surface area contributed by atoms with Crippen molar-refractivity contribution in [2.45, 2.75) is 6.54 Å². The second-order valence-electron chi connectivity index (χ2n) is 5.48. The molecule has 0 radical (unpaired) electrons. The maximum atomic E-state index is 10.8. The Hall–Kier alpha value is -2.12. The molecule has 23 heavy (non-hydrogen) atoms. The van der Waals surface area contributed by atoms with Crippen LogP contribution in [0.2, 0.25) is 0 Å². The number of hydrogen-bond donors (Lipinski definition) is 1. The molecule has 0 unspecified atom stereocenters. The molecule has 122 valence electrons. The van der Waals surface area contributed by atoms with Crippen LogP contribution in [0.25, 0.3) is 0 Å². The van der Waals surface area contributed by atoms with Crippen molar-refractivity contribution in [2.75, 3.05) is 37.7 Å². The van der Waals surface area contributed by atoms with E-state index in [-0.39, 0.29) is 6.61 Å². The number of nitrogens with two attached hydrogens (primary N) is 1. The number of aromatic nitrogens is 1. The number of rotatable bonds is 6. The predicted molar refractivity (Wildman–Crippen MR) is 90.7 cm³/mol. The minimum Gasteiger partial charge on any atom is -0.484 e. The molecule has 2 heterocycles. The van der Waals surface area contributed by atoms with E-state index in [9.17, 15) is 4.79 Å². The number of benzene rings is 1. The number of ether oxygens (including phenoxy) is 1. The van der Waals surface area contributed by atoms with Gasteiger partial charge >= 0.3 is 0 Å². The monoisotopic (exact) mass is 332 g/mol. The number of thiazole rings is 1. The van der Waals surface area contributed by atoms with Crippen molar-refractivity contribution in [3.8, 4) is 5.75 Å². The summed E-state index contributed by atoms with van der Waals surface area (Å²) in [5, 5.41) is 3.12. The quantitative estimate of drug-likeness (QED) is 0.864. The largest absolute Gasteiger partial charge is 0.484 e. The van der Waals surface area contributed by atoms with Gasteiger partial charge in [-0.15, -0.1) is 11.3 Å². The van der Waals surface area contributed by atoms with Gasteiger partial charge in [-0.25, -0.2) is 4.98 Å². The zero-order chi connectivity index (χ0) is 16.1. The molecule has 0 saturated carbocycles. The Morgan fingerprint density at radius 3 is 2.83 bits per heavy atom. The summed E-state index contributed by atoms with van der Waals surface area (Å²) in [5.74, 6) is 0.219. The van der Waals surface area contributed by atoms with E-state index in [1.807, 2.05) is 29.8 Å². The van der Waals surface area contributed by atoms with Crippen LogP contribution in [0.1, 0.15) is 5.56 Å². The Bertz CT molecular complexity index is 639. The average molecular weight is 332 g/mol. The van der Waals surface area contributed by atoms with Gasteiger partial charge in [-0.2, -0.15) is 0 Å². The Kier molecular flexibility index (Phi) is 5.09. The van der Waals surface area contributed by atoms with Crippen molar-refractivity contribution in [1.82, 2.24) is 9.88 Å². The van der Waals surface area contributed by atoms with Crippen LogP contribution in [-0.4, -0.2) is 48.6 Å². The lowest BCUT2D eigenvalue weighted by atomic mass is 10.2. The smallest absolute Gasteiger partial charge is 0.255 e. The van der Waals surface area contributed by atoms with Gasteiger partial charge in [-0.05, 0) is 17.7 Å². The Morgan fingerprint density at radius 1 is 1.30 bits per heavy atom. The molecule has 1 aliphatic rings. The molecule has 1 aromatic carbocycles. The van der Waals surface area contributed by atoms with Crippen LogP contribution >= 0.6 is 11.3 Å². The van der Waals surface area contributed by atoms with Gasteiger partial charge in [-0.1, -0.05) is 12.1 Å². The van der Waals surface area contributed by atoms with E-state index in [1.165, 1.54) is 5.56 Å². The molecule has 1 aromatic heterocycles. The van der Waals surface area contributed by atoms with E-state index in [4.69, 9.17) is 10.5 Å². The van der Waals surface area contributed by atoms with E-state index in [0.717, 1.165) is 37.9 Å². The lowest BCUT2D eigenvalue weighted by molar-refractivity contribution is -0.119. The molecule has 1 aliphatic heterocycles. The van der Waals surface area contributed by atoms with Crippen molar-refractivity contribution in [3.63, 3.8) is 0 Å². The summed E-state index contributed by atoms with van der Waals surface area (Å²) in [7, 11) is 0. The first-order chi connectivity index (χ1) is 11.2. The van der Waals surface area contributed by atoms with Gasteiger partial charge < -0.3 is 15.4 Å². The van der Waals surface area contributed by atoms with Crippen molar-refractivity contribution in [1.29, 1.82) is 0 Å². The number of primary amides is 1. The lowest BCUT2D eigenvalue weighted by Crippen LogP contribution is -2.45. The molecule has 1 fully saturated rings. The summed E-state index contributed by atoms with van der Waals surface area (Å²) in [6.07, 6.45) is 1.85. The number of carbonyl (C=O) groups is 1. The van der Waals surface area contributed by atoms with Gasteiger partial charge in [0.1, 0.15) is 5.75 Å². The molecular weight excluding hydrogens is 312 g/mol. The molecular formula is C16H20N4O2S. The molecule has 1 amide bonds. The molecule has 6 nitrogen and oxygen atoms in total. The summed E-state index contributed by atoms with van der Waals surface area (Å²) in [6.45, 7) is 4.78. The highest BCUT2D eigenvalue weighted by Gasteiger charge is 2.18. The van der Waals surface area contributed by atoms with Gasteiger partial charge in [0, 0.05) is 44.3 Å². The van der Waals surface area contributed by atoms with E-state index >= 15 is 0 Å². The molecule has 1 saturated heterocycles. The van der Waals surface area contributed by atoms with Crippen molar-refractivity contribution in [2.24, 2.45) is 5.73 Å². The Balaban J connectivity index is 1.52. The zero-order valence-corrected chi connectivity index (χ0v) is 13.7. The fourth-order valence-electron chi connectivity index (χ4n) is 2.62. The number of carbonyl (C=O) groups excluding carboxylic acids is 1. The number of hydrogen-bond acceptors (Lipinski definition) is 6. The maximum absolute atomic E-state index is 10.8. The number of amides is 1. The van der Waals surface area contributed by atoms with E-state index in [1.54, 1.807) is 11.3 Å². The van der Waals surface area contributed by atoms with E-state index in [0.29, 0.717) is 5.75 Å². The third-order valence-electron chi connectivity index (χ3n) is 3.75.